The second-order valence-electron chi connectivity index (χ2n) is 7.69. The van der Waals surface area contributed by atoms with Crippen molar-refractivity contribution in [3.63, 3.8) is 0 Å². The van der Waals surface area contributed by atoms with Gasteiger partial charge in [-0.1, -0.05) is 12.1 Å². The lowest BCUT2D eigenvalue weighted by molar-refractivity contribution is -0.134. The van der Waals surface area contributed by atoms with Crippen LogP contribution in [0.15, 0.2) is 24.3 Å². The standard InChI is InChI=1S/C21H29N3O4/c1-14(25)22-19(13-15-3-7-18(28-2)8-4-15)20(26)23-17-9-11-24(12-10-17)21(27)16-5-6-16/h3-4,7-8,16-17,19H,5-6,9-13H2,1-2H3,(H,22,25)(H,23,26). The van der Waals surface area contributed by atoms with Crippen LogP contribution < -0.4 is 15.4 Å². The summed E-state index contributed by atoms with van der Waals surface area (Å²) in [6.07, 6.45) is 3.94. The fraction of sp³-hybridized carbons (Fsp3) is 0.571. The van der Waals surface area contributed by atoms with Crippen molar-refractivity contribution in [3.05, 3.63) is 29.8 Å². The average molecular weight is 387 g/mol. The quantitative estimate of drug-likeness (QED) is 0.737. The molecule has 2 aliphatic rings. The number of nitrogens with one attached hydrogen (secondary N) is 2. The number of nitrogens with zero attached hydrogens (tertiary/aromatic N) is 1. The minimum Gasteiger partial charge on any atom is -0.497 e. The summed E-state index contributed by atoms with van der Waals surface area (Å²) in [7, 11) is 1.60. The first kappa shape index (κ1) is 20.2. The van der Waals surface area contributed by atoms with E-state index >= 15 is 0 Å². The summed E-state index contributed by atoms with van der Waals surface area (Å²) >= 11 is 0. The molecule has 152 valence electrons. The van der Waals surface area contributed by atoms with E-state index in [-0.39, 0.29) is 29.7 Å². The van der Waals surface area contributed by atoms with E-state index in [0.717, 1.165) is 37.0 Å². The lowest BCUT2D eigenvalue weighted by Gasteiger charge is -2.33. The zero-order chi connectivity index (χ0) is 20.1. The van der Waals surface area contributed by atoms with Gasteiger partial charge < -0.3 is 20.3 Å². The molecule has 1 aromatic carbocycles. The Morgan fingerprint density at radius 1 is 1.11 bits per heavy atom. The smallest absolute Gasteiger partial charge is 0.243 e. The van der Waals surface area contributed by atoms with Crippen molar-refractivity contribution < 1.29 is 19.1 Å². The van der Waals surface area contributed by atoms with E-state index < -0.39 is 6.04 Å². The molecule has 0 spiro atoms. The van der Waals surface area contributed by atoms with Gasteiger partial charge in [-0.05, 0) is 43.4 Å². The molecule has 28 heavy (non-hydrogen) atoms. The molecule has 0 radical (unpaired) electrons. The highest BCUT2D eigenvalue weighted by Gasteiger charge is 2.35. The molecule has 1 aromatic rings. The minimum atomic E-state index is -0.628. The molecule has 0 aromatic heterocycles. The van der Waals surface area contributed by atoms with Gasteiger partial charge in [0.1, 0.15) is 11.8 Å². The fourth-order valence-electron chi connectivity index (χ4n) is 3.59. The van der Waals surface area contributed by atoms with E-state index in [1.54, 1.807) is 7.11 Å². The number of likely N-dealkylation sites (tertiary alicyclic amines) is 1. The zero-order valence-corrected chi connectivity index (χ0v) is 16.6. The van der Waals surface area contributed by atoms with E-state index in [9.17, 15) is 14.4 Å². The van der Waals surface area contributed by atoms with Crippen LogP contribution in [0.5, 0.6) is 5.75 Å². The highest BCUT2D eigenvalue weighted by Crippen LogP contribution is 2.31. The first-order valence-corrected chi connectivity index (χ1v) is 9.95. The third-order valence-electron chi connectivity index (χ3n) is 5.37. The topological polar surface area (TPSA) is 87.7 Å². The van der Waals surface area contributed by atoms with Gasteiger partial charge in [0.15, 0.2) is 0 Å². The van der Waals surface area contributed by atoms with Gasteiger partial charge in [0.25, 0.3) is 0 Å². The summed E-state index contributed by atoms with van der Waals surface area (Å²) in [5.74, 6) is 0.827. The number of carbonyl (C=O) groups excluding carboxylic acids is 3. The molecule has 2 N–H and O–H groups in total. The van der Waals surface area contributed by atoms with E-state index in [1.807, 2.05) is 29.2 Å². The molecule has 3 amide bonds. The largest absolute Gasteiger partial charge is 0.497 e. The van der Waals surface area contributed by atoms with Gasteiger partial charge in [-0.2, -0.15) is 0 Å². The fourth-order valence-corrected chi connectivity index (χ4v) is 3.59. The average Bonchev–Trinajstić information content (AvgIpc) is 3.53. The summed E-state index contributed by atoms with van der Waals surface area (Å²) in [6.45, 7) is 2.78. The molecular weight excluding hydrogens is 358 g/mol. The number of methoxy groups -OCH3 is 1. The molecule has 2 fully saturated rings. The predicted molar refractivity (Wildman–Crippen MR) is 105 cm³/mol. The van der Waals surface area contributed by atoms with E-state index in [0.29, 0.717) is 19.5 Å². The van der Waals surface area contributed by atoms with Crippen LogP contribution in [0.1, 0.15) is 38.2 Å². The lowest BCUT2D eigenvalue weighted by Crippen LogP contribution is -2.53. The third-order valence-corrected chi connectivity index (χ3v) is 5.37. The molecule has 1 heterocycles. The van der Waals surface area contributed by atoms with Crippen LogP contribution in [0.25, 0.3) is 0 Å². The monoisotopic (exact) mass is 387 g/mol. The van der Waals surface area contributed by atoms with Crippen molar-refractivity contribution in [2.24, 2.45) is 5.92 Å². The van der Waals surface area contributed by atoms with Crippen LogP contribution in [0, 0.1) is 5.92 Å². The Morgan fingerprint density at radius 3 is 2.29 bits per heavy atom. The van der Waals surface area contributed by atoms with Gasteiger partial charge in [0.05, 0.1) is 7.11 Å². The lowest BCUT2D eigenvalue weighted by atomic mass is 10.0. The van der Waals surface area contributed by atoms with Crippen LogP contribution >= 0.6 is 0 Å². The van der Waals surface area contributed by atoms with Gasteiger partial charge in [0.2, 0.25) is 17.7 Å². The highest BCUT2D eigenvalue weighted by atomic mass is 16.5. The maximum atomic E-state index is 12.8. The van der Waals surface area contributed by atoms with Crippen molar-refractivity contribution in [1.82, 2.24) is 15.5 Å². The molecule has 7 nitrogen and oxygen atoms in total. The molecule has 1 saturated heterocycles. The van der Waals surface area contributed by atoms with E-state index in [1.165, 1.54) is 6.92 Å². The van der Waals surface area contributed by atoms with Gasteiger partial charge in [-0.25, -0.2) is 0 Å². The number of carbonyl (C=O) groups is 3. The molecule has 3 rings (SSSR count). The Labute approximate surface area is 165 Å². The first-order chi connectivity index (χ1) is 13.5. The summed E-state index contributed by atoms with van der Waals surface area (Å²) in [6, 6.07) is 6.86. The molecule has 0 bridgehead atoms. The van der Waals surface area contributed by atoms with Crippen LogP contribution in [-0.2, 0) is 20.8 Å². The molecule has 1 aliphatic heterocycles. The van der Waals surface area contributed by atoms with E-state index in [2.05, 4.69) is 10.6 Å². The summed E-state index contributed by atoms with van der Waals surface area (Å²) in [5, 5.41) is 5.80. The summed E-state index contributed by atoms with van der Waals surface area (Å²) in [4.78, 5) is 38.4. The Hall–Kier alpha value is -2.57. The number of amides is 3. The van der Waals surface area contributed by atoms with Crippen LogP contribution in [0.3, 0.4) is 0 Å². The minimum absolute atomic E-state index is 0.0304. The molecule has 1 atom stereocenters. The normalized spacial score (nSPS) is 18.3. The molecule has 1 saturated carbocycles. The number of rotatable bonds is 7. The second kappa shape index (κ2) is 9.08. The Kier molecular flexibility index (Phi) is 6.54. The first-order valence-electron chi connectivity index (χ1n) is 9.95. The highest BCUT2D eigenvalue weighted by molar-refractivity contribution is 5.87. The number of hydrogen-bond donors (Lipinski definition) is 2. The van der Waals surface area contributed by atoms with Crippen LogP contribution in [0.2, 0.25) is 0 Å². The van der Waals surface area contributed by atoms with Crippen LogP contribution in [0.4, 0.5) is 0 Å². The summed E-state index contributed by atoms with van der Waals surface area (Å²) < 4.78 is 5.15. The molecule has 1 aliphatic carbocycles. The molecule has 1 unspecified atom stereocenters. The van der Waals surface area contributed by atoms with Crippen molar-refractivity contribution >= 4 is 17.7 Å². The third kappa shape index (κ3) is 5.47. The van der Waals surface area contributed by atoms with Gasteiger partial charge >= 0.3 is 0 Å². The Morgan fingerprint density at radius 2 is 1.75 bits per heavy atom. The number of benzene rings is 1. The number of ether oxygens (including phenoxy) is 1. The van der Waals surface area contributed by atoms with Crippen molar-refractivity contribution in [2.75, 3.05) is 20.2 Å². The Balaban J connectivity index is 1.53. The van der Waals surface area contributed by atoms with Gasteiger partial charge in [-0.15, -0.1) is 0 Å². The predicted octanol–water partition coefficient (Wildman–Crippen LogP) is 1.26. The van der Waals surface area contributed by atoms with Gasteiger partial charge in [0, 0.05) is 38.4 Å². The van der Waals surface area contributed by atoms with Gasteiger partial charge in [-0.3, -0.25) is 14.4 Å². The zero-order valence-electron chi connectivity index (χ0n) is 16.6. The Bertz CT molecular complexity index is 707. The maximum absolute atomic E-state index is 12.8. The van der Waals surface area contributed by atoms with Crippen molar-refractivity contribution in [2.45, 2.75) is 51.1 Å². The van der Waals surface area contributed by atoms with Crippen LogP contribution in [-0.4, -0.2) is 54.9 Å². The molecule has 7 heteroatoms. The number of piperidine rings is 1. The number of hydrogen-bond acceptors (Lipinski definition) is 4. The maximum Gasteiger partial charge on any atom is 0.243 e. The van der Waals surface area contributed by atoms with E-state index in [4.69, 9.17) is 4.74 Å². The SMILES string of the molecule is COc1ccc(CC(NC(C)=O)C(=O)NC2CCN(C(=O)C3CC3)CC2)cc1. The van der Waals surface area contributed by atoms with Crippen molar-refractivity contribution in [3.8, 4) is 5.75 Å². The molecular formula is C21H29N3O4. The van der Waals surface area contributed by atoms with Crippen molar-refractivity contribution in [1.29, 1.82) is 0 Å². The summed E-state index contributed by atoms with van der Waals surface area (Å²) in [5.41, 5.74) is 0.944. The second-order valence-corrected chi connectivity index (χ2v) is 7.69.